The van der Waals surface area contributed by atoms with Crippen LogP contribution in [-0.4, -0.2) is 15.0 Å². The summed E-state index contributed by atoms with van der Waals surface area (Å²) in [5, 5.41) is 0. The van der Waals surface area contributed by atoms with Crippen molar-refractivity contribution in [2.45, 2.75) is 25.3 Å². The third-order valence-corrected chi connectivity index (χ3v) is 5.96. The molecule has 0 atom stereocenters. The molecule has 0 aliphatic carbocycles. The Hall–Kier alpha value is -2.79. The van der Waals surface area contributed by atoms with Crippen molar-refractivity contribution in [1.82, 2.24) is 0 Å². The van der Waals surface area contributed by atoms with Crippen LogP contribution in [0.1, 0.15) is 18.1 Å². The van der Waals surface area contributed by atoms with Crippen molar-refractivity contribution in [3.05, 3.63) is 90.0 Å². The fourth-order valence-corrected chi connectivity index (χ4v) is 4.36. The number of hydrogen-bond acceptors (Lipinski definition) is 3. The Bertz CT molecular complexity index is 984. The number of benzene rings is 3. The van der Waals surface area contributed by atoms with Gasteiger partial charge in [0, 0.05) is 0 Å². The minimum atomic E-state index is -3.70. The molecule has 140 valence electrons. The molecule has 0 saturated heterocycles. The zero-order valence-corrected chi connectivity index (χ0v) is 16.3. The first-order valence-electron chi connectivity index (χ1n) is 8.87. The van der Waals surface area contributed by atoms with Crippen molar-refractivity contribution < 1.29 is 13.2 Å². The predicted molar refractivity (Wildman–Crippen MR) is 109 cm³/mol. The molecular formula is C22H23NO3S. The van der Waals surface area contributed by atoms with Crippen LogP contribution >= 0.6 is 0 Å². The van der Waals surface area contributed by atoms with Gasteiger partial charge in [-0.25, -0.2) is 8.42 Å². The maximum absolute atomic E-state index is 13.3. The van der Waals surface area contributed by atoms with Crippen LogP contribution in [0, 0.1) is 6.92 Å². The lowest BCUT2D eigenvalue weighted by atomic mass is 10.1. The van der Waals surface area contributed by atoms with Gasteiger partial charge in [-0.05, 0) is 55.8 Å². The zero-order valence-electron chi connectivity index (χ0n) is 15.5. The van der Waals surface area contributed by atoms with E-state index in [-0.39, 0.29) is 11.4 Å². The van der Waals surface area contributed by atoms with E-state index in [4.69, 9.17) is 4.74 Å². The van der Waals surface area contributed by atoms with E-state index >= 15 is 0 Å². The van der Waals surface area contributed by atoms with Crippen LogP contribution in [0.25, 0.3) is 0 Å². The Balaban J connectivity index is 2.03. The zero-order chi connectivity index (χ0) is 19.3. The fourth-order valence-electron chi connectivity index (χ4n) is 2.89. The van der Waals surface area contributed by atoms with E-state index in [1.54, 1.807) is 54.6 Å². The molecule has 0 fully saturated rings. The molecule has 0 N–H and O–H groups in total. The fraction of sp³-hybridized carbons (Fsp3) is 0.182. The van der Waals surface area contributed by atoms with Gasteiger partial charge in [0.05, 0.1) is 23.7 Å². The SMILES string of the molecule is CCOc1ccc(N(Cc2cccc(C)c2)S(=O)(=O)c2ccccc2)cc1. The Labute approximate surface area is 161 Å². The molecule has 3 aromatic rings. The van der Waals surface area contributed by atoms with E-state index in [0.717, 1.165) is 11.1 Å². The van der Waals surface area contributed by atoms with Crippen molar-refractivity contribution in [3.8, 4) is 5.75 Å². The van der Waals surface area contributed by atoms with Crippen LogP contribution < -0.4 is 9.04 Å². The van der Waals surface area contributed by atoms with Crippen LogP contribution in [0.4, 0.5) is 5.69 Å². The van der Waals surface area contributed by atoms with E-state index in [9.17, 15) is 8.42 Å². The minimum absolute atomic E-state index is 0.257. The second-order valence-corrected chi connectivity index (χ2v) is 8.10. The lowest BCUT2D eigenvalue weighted by Gasteiger charge is -2.25. The molecule has 4 nitrogen and oxygen atoms in total. The molecule has 0 spiro atoms. The first-order valence-corrected chi connectivity index (χ1v) is 10.3. The van der Waals surface area contributed by atoms with Crippen molar-refractivity contribution in [2.75, 3.05) is 10.9 Å². The average Bonchev–Trinajstić information content (AvgIpc) is 2.68. The Kier molecular flexibility index (Phi) is 5.81. The van der Waals surface area contributed by atoms with Gasteiger partial charge in [0.2, 0.25) is 0 Å². The molecule has 0 bridgehead atoms. The molecule has 0 amide bonds. The molecule has 5 heteroatoms. The van der Waals surface area contributed by atoms with E-state index in [1.165, 1.54) is 4.31 Å². The van der Waals surface area contributed by atoms with Gasteiger partial charge in [0.1, 0.15) is 5.75 Å². The van der Waals surface area contributed by atoms with Gasteiger partial charge < -0.3 is 4.74 Å². The molecule has 0 aromatic heterocycles. The molecule has 0 unspecified atom stereocenters. The van der Waals surface area contributed by atoms with Crippen molar-refractivity contribution >= 4 is 15.7 Å². The normalized spacial score (nSPS) is 11.2. The molecule has 3 rings (SSSR count). The molecule has 3 aromatic carbocycles. The van der Waals surface area contributed by atoms with Crippen LogP contribution in [-0.2, 0) is 16.6 Å². The number of ether oxygens (including phenoxy) is 1. The second kappa shape index (κ2) is 8.27. The molecule has 0 radical (unpaired) electrons. The number of hydrogen-bond donors (Lipinski definition) is 0. The van der Waals surface area contributed by atoms with Gasteiger partial charge in [-0.2, -0.15) is 0 Å². The van der Waals surface area contributed by atoms with E-state index in [2.05, 4.69) is 0 Å². The topological polar surface area (TPSA) is 46.6 Å². The van der Waals surface area contributed by atoms with Crippen LogP contribution in [0.15, 0.2) is 83.8 Å². The minimum Gasteiger partial charge on any atom is -0.494 e. The smallest absolute Gasteiger partial charge is 0.264 e. The van der Waals surface area contributed by atoms with Gasteiger partial charge >= 0.3 is 0 Å². The summed E-state index contributed by atoms with van der Waals surface area (Å²) in [7, 11) is -3.70. The molecule has 0 heterocycles. The Morgan fingerprint density at radius 2 is 1.59 bits per heavy atom. The third kappa shape index (κ3) is 4.49. The van der Waals surface area contributed by atoms with Gasteiger partial charge in [0.25, 0.3) is 10.0 Å². The number of anilines is 1. The lowest BCUT2D eigenvalue weighted by Crippen LogP contribution is -2.30. The Morgan fingerprint density at radius 3 is 2.22 bits per heavy atom. The summed E-state index contributed by atoms with van der Waals surface area (Å²) < 4.78 is 33.6. The lowest BCUT2D eigenvalue weighted by molar-refractivity contribution is 0.340. The summed E-state index contributed by atoms with van der Waals surface area (Å²) in [6, 6.07) is 23.5. The van der Waals surface area contributed by atoms with E-state index in [1.807, 2.05) is 38.1 Å². The van der Waals surface area contributed by atoms with Crippen molar-refractivity contribution in [3.63, 3.8) is 0 Å². The number of sulfonamides is 1. The molecular weight excluding hydrogens is 358 g/mol. The summed E-state index contributed by atoms with van der Waals surface area (Å²) in [6.07, 6.45) is 0. The maximum atomic E-state index is 13.3. The van der Waals surface area contributed by atoms with E-state index < -0.39 is 10.0 Å². The summed E-state index contributed by atoms with van der Waals surface area (Å²) in [5.74, 6) is 0.717. The predicted octanol–water partition coefficient (Wildman–Crippen LogP) is 4.79. The summed E-state index contributed by atoms with van der Waals surface area (Å²) in [5.41, 5.74) is 2.63. The monoisotopic (exact) mass is 381 g/mol. The highest BCUT2D eigenvalue weighted by Crippen LogP contribution is 2.28. The second-order valence-electron chi connectivity index (χ2n) is 6.24. The van der Waals surface area contributed by atoms with Crippen molar-refractivity contribution in [1.29, 1.82) is 0 Å². The number of rotatable bonds is 7. The quantitative estimate of drug-likeness (QED) is 0.591. The third-order valence-electron chi connectivity index (χ3n) is 4.18. The molecule has 27 heavy (non-hydrogen) atoms. The first kappa shape index (κ1) is 19.0. The van der Waals surface area contributed by atoms with Gasteiger partial charge in [-0.3, -0.25) is 4.31 Å². The number of aryl methyl sites for hydroxylation is 1. The van der Waals surface area contributed by atoms with Gasteiger partial charge in [-0.15, -0.1) is 0 Å². The summed E-state index contributed by atoms with van der Waals surface area (Å²) in [6.45, 7) is 4.73. The van der Waals surface area contributed by atoms with E-state index in [0.29, 0.717) is 18.0 Å². The van der Waals surface area contributed by atoms with Gasteiger partial charge in [-0.1, -0.05) is 48.0 Å². The molecule has 0 aliphatic rings. The highest BCUT2D eigenvalue weighted by molar-refractivity contribution is 7.92. The summed E-state index contributed by atoms with van der Waals surface area (Å²) in [4.78, 5) is 0.270. The maximum Gasteiger partial charge on any atom is 0.264 e. The van der Waals surface area contributed by atoms with Crippen LogP contribution in [0.3, 0.4) is 0 Å². The highest BCUT2D eigenvalue weighted by Gasteiger charge is 2.25. The van der Waals surface area contributed by atoms with Crippen LogP contribution in [0.2, 0.25) is 0 Å². The molecule has 0 aliphatic heterocycles. The average molecular weight is 381 g/mol. The van der Waals surface area contributed by atoms with Gasteiger partial charge in [0.15, 0.2) is 0 Å². The molecule has 0 saturated carbocycles. The standard InChI is InChI=1S/C22H23NO3S/c1-3-26-21-14-12-20(13-15-21)23(17-19-9-7-8-18(2)16-19)27(24,25)22-10-5-4-6-11-22/h4-16H,3,17H2,1-2H3. The first-order chi connectivity index (χ1) is 13.0. The largest absolute Gasteiger partial charge is 0.494 e. The highest BCUT2D eigenvalue weighted by atomic mass is 32.2. The number of nitrogens with zero attached hydrogens (tertiary/aromatic N) is 1. The Morgan fingerprint density at radius 1 is 0.889 bits per heavy atom. The van der Waals surface area contributed by atoms with Crippen LogP contribution in [0.5, 0.6) is 5.75 Å². The van der Waals surface area contributed by atoms with Crippen molar-refractivity contribution in [2.24, 2.45) is 0 Å². The summed E-state index contributed by atoms with van der Waals surface area (Å²) >= 11 is 0.